The van der Waals surface area contributed by atoms with Crippen LogP contribution in [-0.2, 0) is 0 Å². The Balaban J connectivity index is 2.12. The SMILES string of the molecule is CN(C1CCCC1)C1(CN)CCCC(C)(C)C1. The van der Waals surface area contributed by atoms with Gasteiger partial charge >= 0.3 is 0 Å². The summed E-state index contributed by atoms with van der Waals surface area (Å²) in [5.74, 6) is 0. The molecule has 2 aliphatic carbocycles. The summed E-state index contributed by atoms with van der Waals surface area (Å²) in [6, 6.07) is 0.799. The Morgan fingerprint density at radius 1 is 1.12 bits per heavy atom. The third-order valence-electron chi connectivity index (χ3n) is 5.30. The maximum absolute atomic E-state index is 6.19. The van der Waals surface area contributed by atoms with E-state index in [1.54, 1.807) is 0 Å². The van der Waals surface area contributed by atoms with Gasteiger partial charge in [0.1, 0.15) is 0 Å². The van der Waals surface area contributed by atoms with Crippen molar-refractivity contribution in [2.45, 2.75) is 76.8 Å². The van der Waals surface area contributed by atoms with Gasteiger partial charge < -0.3 is 5.73 Å². The van der Waals surface area contributed by atoms with E-state index in [9.17, 15) is 0 Å². The maximum Gasteiger partial charge on any atom is 0.0336 e. The van der Waals surface area contributed by atoms with Crippen LogP contribution in [0, 0.1) is 5.41 Å². The van der Waals surface area contributed by atoms with Crippen LogP contribution in [0.4, 0.5) is 0 Å². The van der Waals surface area contributed by atoms with E-state index in [4.69, 9.17) is 5.73 Å². The first-order chi connectivity index (χ1) is 7.99. The normalized spacial score (nSPS) is 34.4. The average molecular weight is 238 g/mol. The van der Waals surface area contributed by atoms with Crippen LogP contribution in [-0.4, -0.2) is 30.1 Å². The van der Waals surface area contributed by atoms with Gasteiger partial charge in [-0.3, -0.25) is 4.90 Å². The molecule has 0 aromatic rings. The second-order valence-electron chi connectivity index (χ2n) is 7.17. The molecular weight excluding hydrogens is 208 g/mol. The minimum atomic E-state index is 0.288. The van der Waals surface area contributed by atoms with Gasteiger partial charge in [0.25, 0.3) is 0 Å². The second kappa shape index (κ2) is 4.89. The number of nitrogens with zero attached hydrogens (tertiary/aromatic N) is 1. The van der Waals surface area contributed by atoms with Crippen molar-refractivity contribution in [3.05, 3.63) is 0 Å². The van der Waals surface area contributed by atoms with Gasteiger partial charge in [0, 0.05) is 18.1 Å². The Hall–Kier alpha value is -0.0800. The van der Waals surface area contributed by atoms with E-state index in [1.165, 1.54) is 51.4 Å². The van der Waals surface area contributed by atoms with Crippen LogP contribution in [0.5, 0.6) is 0 Å². The smallest absolute Gasteiger partial charge is 0.0336 e. The van der Waals surface area contributed by atoms with Crippen molar-refractivity contribution < 1.29 is 0 Å². The maximum atomic E-state index is 6.19. The highest BCUT2D eigenvalue weighted by atomic mass is 15.2. The summed E-state index contributed by atoms with van der Waals surface area (Å²) in [5.41, 5.74) is 6.95. The summed E-state index contributed by atoms with van der Waals surface area (Å²) in [4.78, 5) is 2.67. The van der Waals surface area contributed by atoms with Gasteiger partial charge in [0.15, 0.2) is 0 Å². The lowest BCUT2D eigenvalue weighted by molar-refractivity contribution is 0.00178. The van der Waals surface area contributed by atoms with E-state index < -0.39 is 0 Å². The molecule has 2 N–H and O–H groups in total. The first kappa shape index (κ1) is 13.4. The predicted molar refractivity (Wildman–Crippen MR) is 74.1 cm³/mol. The van der Waals surface area contributed by atoms with Crippen LogP contribution in [0.3, 0.4) is 0 Å². The molecule has 1 atom stereocenters. The summed E-state index contributed by atoms with van der Waals surface area (Å²) in [6.07, 6.45) is 10.9. The van der Waals surface area contributed by atoms with E-state index in [-0.39, 0.29) is 5.54 Å². The number of likely N-dealkylation sites (N-methyl/N-ethyl adjacent to an activating group) is 1. The average Bonchev–Trinajstić information content (AvgIpc) is 2.79. The largest absolute Gasteiger partial charge is 0.329 e. The van der Waals surface area contributed by atoms with Crippen molar-refractivity contribution in [3.8, 4) is 0 Å². The minimum Gasteiger partial charge on any atom is -0.329 e. The molecule has 0 radical (unpaired) electrons. The molecule has 2 heteroatoms. The van der Waals surface area contributed by atoms with Crippen LogP contribution in [0.25, 0.3) is 0 Å². The first-order valence-corrected chi connectivity index (χ1v) is 7.42. The molecule has 2 saturated carbocycles. The highest BCUT2D eigenvalue weighted by Gasteiger charge is 2.44. The molecule has 0 aromatic heterocycles. The molecule has 0 amide bonds. The molecule has 0 bridgehead atoms. The van der Waals surface area contributed by atoms with E-state index in [2.05, 4.69) is 25.8 Å². The lowest BCUT2D eigenvalue weighted by Gasteiger charge is -2.51. The van der Waals surface area contributed by atoms with Crippen LogP contribution < -0.4 is 5.73 Å². The molecular formula is C15H30N2. The van der Waals surface area contributed by atoms with Crippen LogP contribution in [0.1, 0.15) is 65.2 Å². The van der Waals surface area contributed by atoms with E-state index in [0.29, 0.717) is 5.41 Å². The number of hydrogen-bond acceptors (Lipinski definition) is 2. The van der Waals surface area contributed by atoms with Gasteiger partial charge in [-0.15, -0.1) is 0 Å². The van der Waals surface area contributed by atoms with Gasteiger partial charge in [-0.05, 0) is 44.6 Å². The summed E-state index contributed by atoms with van der Waals surface area (Å²) in [5, 5.41) is 0. The molecule has 0 aliphatic heterocycles. The fourth-order valence-corrected chi connectivity index (χ4v) is 4.26. The first-order valence-electron chi connectivity index (χ1n) is 7.42. The van der Waals surface area contributed by atoms with Crippen molar-refractivity contribution in [2.24, 2.45) is 11.1 Å². The summed E-state index contributed by atoms with van der Waals surface area (Å²) in [6.45, 7) is 5.67. The van der Waals surface area contributed by atoms with Gasteiger partial charge in [0.2, 0.25) is 0 Å². The molecule has 2 aliphatic rings. The zero-order chi connectivity index (χ0) is 12.5. The number of nitrogens with two attached hydrogens (primary N) is 1. The zero-order valence-corrected chi connectivity index (χ0v) is 12.0. The monoisotopic (exact) mass is 238 g/mol. The molecule has 2 nitrogen and oxygen atoms in total. The summed E-state index contributed by atoms with van der Waals surface area (Å²) in [7, 11) is 2.34. The molecule has 1 unspecified atom stereocenters. The Kier molecular flexibility index (Phi) is 3.84. The quantitative estimate of drug-likeness (QED) is 0.818. The summed E-state index contributed by atoms with van der Waals surface area (Å²) >= 11 is 0. The van der Waals surface area contributed by atoms with Gasteiger partial charge in [-0.1, -0.05) is 33.1 Å². The molecule has 100 valence electrons. The van der Waals surface area contributed by atoms with Crippen molar-refractivity contribution >= 4 is 0 Å². The lowest BCUT2D eigenvalue weighted by atomic mass is 9.67. The van der Waals surface area contributed by atoms with E-state index in [1.807, 2.05) is 0 Å². The highest BCUT2D eigenvalue weighted by molar-refractivity contribution is 5.00. The van der Waals surface area contributed by atoms with E-state index in [0.717, 1.165) is 12.6 Å². The molecule has 0 spiro atoms. The highest BCUT2D eigenvalue weighted by Crippen LogP contribution is 2.44. The van der Waals surface area contributed by atoms with E-state index >= 15 is 0 Å². The Morgan fingerprint density at radius 2 is 1.76 bits per heavy atom. The van der Waals surface area contributed by atoms with Gasteiger partial charge in [0.05, 0.1) is 0 Å². The molecule has 0 saturated heterocycles. The standard InChI is InChI=1S/C15H30N2/c1-14(2)9-6-10-15(11-14,12-16)17(3)13-7-4-5-8-13/h13H,4-12,16H2,1-3H3. The Labute approximate surface area is 107 Å². The Morgan fingerprint density at radius 3 is 2.29 bits per heavy atom. The predicted octanol–water partition coefficient (Wildman–Crippen LogP) is 3.16. The van der Waals surface area contributed by atoms with Crippen LogP contribution >= 0.6 is 0 Å². The fourth-order valence-electron chi connectivity index (χ4n) is 4.26. The number of hydrogen-bond donors (Lipinski definition) is 1. The van der Waals surface area contributed by atoms with Crippen molar-refractivity contribution in [3.63, 3.8) is 0 Å². The van der Waals surface area contributed by atoms with Gasteiger partial charge in [-0.2, -0.15) is 0 Å². The van der Waals surface area contributed by atoms with Crippen molar-refractivity contribution in [2.75, 3.05) is 13.6 Å². The minimum absolute atomic E-state index is 0.288. The topological polar surface area (TPSA) is 29.3 Å². The second-order valence-corrected chi connectivity index (χ2v) is 7.17. The van der Waals surface area contributed by atoms with Crippen molar-refractivity contribution in [1.82, 2.24) is 4.90 Å². The number of rotatable bonds is 3. The molecule has 0 heterocycles. The van der Waals surface area contributed by atoms with Crippen molar-refractivity contribution in [1.29, 1.82) is 0 Å². The third-order valence-corrected chi connectivity index (χ3v) is 5.30. The molecule has 2 rings (SSSR count). The van der Waals surface area contributed by atoms with Crippen LogP contribution in [0.2, 0.25) is 0 Å². The lowest BCUT2D eigenvalue weighted by Crippen LogP contribution is -2.58. The molecule has 17 heavy (non-hydrogen) atoms. The third kappa shape index (κ3) is 2.68. The van der Waals surface area contributed by atoms with Gasteiger partial charge in [-0.25, -0.2) is 0 Å². The molecule has 0 aromatic carbocycles. The zero-order valence-electron chi connectivity index (χ0n) is 12.0. The van der Waals surface area contributed by atoms with Crippen LogP contribution in [0.15, 0.2) is 0 Å². The molecule has 2 fully saturated rings. The Bertz CT molecular complexity index is 256. The fraction of sp³-hybridized carbons (Fsp3) is 1.00. The summed E-state index contributed by atoms with van der Waals surface area (Å²) < 4.78 is 0.